The van der Waals surface area contributed by atoms with Crippen molar-refractivity contribution in [3.8, 4) is 11.5 Å². The Morgan fingerprint density at radius 1 is 1.06 bits per heavy atom. The van der Waals surface area contributed by atoms with Crippen LogP contribution in [0.1, 0.15) is 37.1 Å². The Hall–Kier alpha value is -2.90. The molecule has 0 saturated carbocycles. The number of hydrogen-bond donors (Lipinski definition) is 0. The third-order valence-corrected chi connectivity index (χ3v) is 6.79. The molecule has 0 bridgehead atoms. The van der Waals surface area contributed by atoms with Crippen molar-refractivity contribution < 1.29 is 18.6 Å². The second-order valence-corrected chi connectivity index (χ2v) is 9.25. The van der Waals surface area contributed by atoms with Gasteiger partial charge in [-0.25, -0.2) is 9.37 Å². The summed E-state index contributed by atoms with van der Waals surface area (Å²) in [5.41, 5.74) is 0.829. The van der Waals surface area contributed by atoms with Crippen molar-refractivity contribution in [1.82, 2.24) is 14.5 Å². The summed E-state index contributed by atoms with van der Waals surface area (Å²) in [7, 11) is 1.73. The summed E-state index contributed by atoms with van der Waals surface area (Å²) in [6.45, 7) is 6.67. The van der Waals surface area contributed by atoms with Crippen LogP contribution >= 0.6 is 0 Å². The average molecular weight is 482 g/mol. The van der Waals surface area contributed by atoms with Crippen LogP contribution in [0, 0.1) is 12.7 Å². The van der Waals surface area contributed by atoms with Crippen molar-refractivity contribution in [1.29, 1.82) is 0 Å². The number of ether oxygens (including phenoxy) is 3. The molecule has 1 saturated heterocycles. The first-order chi connectivity index (χ1) is 17.1. The van der Waals surface area contributed by atoms with Crippen LogP contribution in [0.2, 0.25) is 0 Å². The van der Waals surface area contributed by atoms with Gasteiger partial charge in [0.05, 0.1) is 6.61 Å². The Morgan fingerprint density at radius 2 is 1.94 bits per heavy atom. The minimum atomic E-state index is -0.407. The van der Waals surface area contributed by atoms with E-state index < -0.39 is 5.60 Å². The number of aromatic nitrogens is 2. The van der Waals surface area contributed by atoms with E-state index in [-0.39, 0.29) is 11.6 Å². The van der Waals surface area contributed by atoms with Gasteiger partial charge in [-0.15, -0.1) is 0 Å². The van der Waals surface area contributed by atoms with Gasteiger partial charge in [-0.3, -0.25) is 4.90 Å². The number of benzene rings is 2. The zero-order valence-corrected chi connectivity index (χ0v) is 20.8. The van der Waals surface area contributed by atoms with Gasteiger partial charge in [-0.2, -0.15) is 0 Å². The molecule has 0 N–H and O–H groups in total. The Labute approximate surface area is 207 Å². The van der Waals surface area contributed by atoms with E-state index in [1.54, 1.807) is 25.3 Å². The van der Waals surface area contributed by atoms with E-state index in [4.69, 9.17) is 14.2 Å². The molecule has 0 radical (unpaired) electrons. The van der Waals surface area contributed by atoms with Gasteiger partial charge in [0.25, 0.3) is 0 Å². The molecule has 188 valence electrons. The number of para-hydroxylation sites is 1. The lowest BCUT2D eigenvalue weighted by molar-refractivity contribution is -0.0548. The number of imidazole rings is 1. The number of aryl methyl sites for hydroxylation is 2. The number of likely N-dealkylation sites (tertiary alicyclic amines) is 1. The second kappa shape index (κ2) is 12.2. The molecule has 2 heterocycles. The van der Waals surface area contributed by atoms with E-state index in [0.717, 1.165) is 63.4 Å². The van der Waals surface area contributed by atoms with Gasteiger partial charge in [0.1, 0.15) is 23.8 Å². The van der Waals surface area contributed by atoms with Crippen LogP contribution in [0.4, 0.5) is 4.39 Å². The third kappa shape index (κ3) is 7.05. The normalized spacial score (nSPS) is 18.8. The number of hydrogen-bond acceptors (Lipinski definition) is 5. The van der Waals surface area contributed by atoms with Gasteiger partial charge in [-0.05, 0) is 69.0 Å². The van der Waals surface area contributed by atoms with Gasteiger partial charge < -0.3 is 18.8 Å². The first kappa shape index (κ1) is 25.2. The molecular formula is C28H36FN3O3. The topological polar surface area (TPSA) is 48.8 Å². The SMILES string of the molecule is COC1(COc2ccccc2F)CCCN(Cc2cccc(OCCCn3ccnc3C)c2)CC1. The minimum absolute atomic E-state index is 0.280. The summed E-state index contributed by atoms with van der Waals surface area (Å²) in [5, 5.41) is 0. The summed E-state index contributed by atoms with van der Waals surface area (Å²) in [5.74, 6) is 1.87. The maximum Gasteiger partial charge on any atom is 0.165 e. The van der Waals surface area contributed by atoms with E-state index >= 15 is 0 Å². The van der Waals surface area contributed by atoms with Gasteiger partial charge in [0.2, 0.25) is 0 Å². The van der Waals surface area contributed by atoms with Crippen LogP contribution < -0.4 is 9.47 Å². The van der Waals surface area contributed by atoms with Crippen molar-refractivity contribution in [2.75, 3.05) is 33.4 Å². The second-order valence-electron chi connectivity index (χ2n) is 9.25. The van der Waals surface area contributed by atoms with Gasteiger partial charge in [0, 0.05) is 39.1 Å². The highest BCUT2D eigenvalue weighted by Crippen LogP contribution is 2.29. The Balaban J connectivity index is 1.26. The van der Waals surface area contributed by atoms with Crippen molar-refractivity contribution in [3.05, 3.63) is 78.1 Å². The summed E-state index contributed by atoms with van der Waals surface area (Å²) >= 11 is 0. The molecule has 4 rings (SSSR count). The molecule has 2 aromatic carbocycles. The smallest absolute Gasteiger partial charge is 0.165 e. The molecule has 1 unspecified atom stereocenters. The average Bonchev–Trinajstić information content (AvgIpc) is 3.17. The summed E-state index contributed by atoms with van der Waals surface area (Å²) in [4.78, 5) is 6.71. The highest BCUT2D eigenvalue weighted by atomic mass is 19.1. The predicted octanol–water partition coefficient (Wildman–Crippen LogP) is 5.25. The molecule has 6 nitrogen and oxygen atoms in total. The molecule has 3 aromatic rings. The molecule has 0 aliphatic carbocycles. The molecule has 0 amide bonds. The molecule has 1 aliphatic heterocycles. The summed E-state index contributed by atoms with van der Waals surface area (Å²) in [6, 6.07) is 14.9. The predicted molar refractivity (Wildman–Crippen MR) is 134 cm³/mol. The molecule has 35 heavy (non-hydrogen) atoms. The zero-order chi connectivity index (χ0) is 24.5. The van der Waals surface area contributed by atoms with Crippen LogP contribution in [-0.2, 0) is 17.8 Å². The largest absolute Gasteiger partial charge is 0.494 e. The van der Waals surface area contributed by atoms with E-state index in [0.29, 0.717) is 13.2 Å². The van der Waals surface area contributed by atoms with Crippen LogP contribution in [0.15, 0.2) is 60.9 Å². The van der Waals surface area contributed by atoms with Crippen molar-refractivity contribution in [2.45, 2.75) is 51.3 Å². The fourth-order valence-electron chi connectivity index (χ4n) is 4.62. The Bertz CT molecular complexity index is 1070. The monoisotopic (exact) mass is 481 g/mol. The van der Waals surface area contributed by atoms with E-state index in [2.05, 4.69) is 32.7 Å². The third-order valence-electron chi connectivity index (χ3n) is 6.79. The van der Waals surface area contributed by atoms with Gasteiger partial charge in [0.15, 0.2) is 11.6 Å². The van der Waals surface area contributed by atoms with E-state index in [1.807, 2.05) is 25.4 Å². The lowest BCUT2D eigenvalue weighted by Crippen LogP contribution is -2.39. The van der Waals surface area contributed by atoms with Crippen molar-refractivity contribution in [3.63, 3.8) is 0 Å². The maximum absolute atomic E-state index is 14.0. The lowest BCUT2D eigenvalue weighted by Gasteiger charge is -2.31. The lowest BCUT2D eigenvalue weighted by atomic mass is 9.95. The highest BCUT2D eigenvalue weighted by molar-refractivity contribution is 5.28. The van der Waals surface area contributed by atoms with E-state index in [9.17, 15) is 4.39 Å². The van der Waals surface area contributed by atoms with Crippen molar-refractivity contribution in [2.24, 2.45) is 0 Å². The summed E-state index contributed by atoms with van der Waals surface area (Å²) in [6.07, 6.45) is 7.48. The molecule has 1 fully saturated rings. The zero-order valence-electron chi connectivity index (χ0n) is 20.8. The number of nitrogens with zero attached hydrogens (tertiary/aromatic N) is 3. The molecule has 1 aliphatic rings. The Kier molecular flexibility index (Phi) is 8.77. The minimum Gasteiger partial charge on any atom is -0.494 e. The number of methoxy groups -OCH3 is 1. The number of halogens is 1. The van der Waals surface area contributed by atoms with Crippen LogP contribution in [0.25, 0.3) is 0 Å². The molecule has 1 aromatic heterocycles. The van der Waals surface area contributed by atoms with E-state index in [1.165, 1.54) is 11.6 Å². The standard InChI is InChI=1S/C28H36FN3O3/c1-23-30-14-18-32(23)16-7-19-34-25-9-5-8-24(20-25)21-31-15-6-12-28(33-2,13-17-31)22-35-27-11-4-3-10-26(27)29/h3-5,8-11,14,18,20H,6-7,12-13,15-17,19,21-22H2,1-2H3. The van der Waals surface area contributed by atoms with Crippen molar-refractivity contribution >= 4 is 0 Å². The fourth-order valence-corrected chi connectivity index (χ4v) is 4.62. The van der Waals surface area contributed by atoms with Gasteiger partial charge in [-0.1, -0.05) is 24.3 Å². The van der Waals surface area contributed by atoms with Crippen LogP contribution in [0.3, 0.4) is 0 Å². The maximum atomic E-state index is 14.0. The quantitative estimate of drug-likeness (QED) is 0.350. The molecule has 1 atom stereocenters. The molecule has 0 spiro atoms. The van der Waals surface area contributed by atoms with Crippen LogP contribution in [-0.4, -0.2) is 53.5 Å². The van der Waals surface area contributed by atoms with Gasteiger partial charge >= 0.3 is 0 Å². The number of rotatable bonds is 11. The first-order valence-corrected chi connectivity index (χ1v) is 12.4. The van der Waals surface area contributed by atoms with Crippen LogP contribution in [0.5, 0.6) is 11.5 Å². The Morgan fingerprint density at radius 3 is 2.74 bits per heavy atom. The highest BCUT2D eigenvalue weighted by Gasteiger charge is 2.34. The first-order valence-electron chi connectivity index (χ1n) is 12.4. The molecule has 7 heteroatoms. The fraction of sp³-hybridized carbons (Fsp3) is 0.464. The summed E-state index contributed by atoms with van der Waals surface area (Å²) < 4.78 is 33.9. The molecular weight excluding hydrogens is 445 g/mol.